The molecular weight excluding hydrogens is 110 g/mol. The van der Waals surface area contributed by atoms with E-state index in [0.29, 0.717) is 0 Å². The van der Waals surface area contributed by atoms with Crippen LogP contribution in [0.15, 0.2) is 0 Å². The van der Waals surface area contributed by atoms with Crippen molar-refractivity contribution in [3.8, 4) is 0 Å². The first-order valence-electron chi connectivity index (χ1n) is 4.16. The molecule has 0 saturated carbocycles. The van der Waals surface area contributed by atoms with Gasteiger partial charge in [-0.15, -0.1) is 0 Å². The molecule has 1 fully saturated rings. The number of rotatable bonds is 5. The topological polar surface area (TPSA) is 3.01 Å². The highest BCUT2D eigenvalue weighted by atomic mass is 15.2. The number of unbranched alkanes of at least 4 members (excludes halogenated alkanes) is 3. The van der Waals surface area contributed by atoms with Crippen LogP contribution in [0, 0.1) is 0 Å². The van der Waals surface area contributed by atoms with Crippen molar-refractivity contribution in [2.75, 3.05) is 19.6 Å². The smallest absolute Gasteiger partial charge is 0.0110 e. The van der Waals surface area contributed by atoms with Crippen LogP contribution in [0.4, 0.5) is 0 Å². The van der Waals surface area contributed by atoms with E-state index in [1.165, 1.54) is 45.3 Å². The summed E-state index contributed by atoms with van der Waals surface area (Å²) in [5.74, 6) is 0. The van der Waals surface area contributed by atoms with Crippen LogP contribution in [0.3, 0.4) is 0 Å². The van der Waals surface area contributed by atoms with Crippen LogP contribution in [0.2, 0.25) is 0 Å². The van der Waals surface area contributed by atoms with Gasteiger partial charge in [0.2, 0.25) is 0 Å². The highest BCUT2D eigenvalue weighted by Gasteiger charge is 2.14. The minimum absolute atomic E-state index is 1.36. The maximum atomic E-state index is 2.50. The molecule has 1 heterocycles. The fraction of sp³-hybridized carbons (Fsp3) is 1.00. The average Bonchev–Trinajstić information content (AvgIpc) is 2.63. The molecule has 0 aromatic heterocycles. The Kier molecular flexibility index (Phi) is 3.05. The summed E-state index contributed by atoms with van der Waals surface area (Å²) in [5.41, 5.74) is 0. The van der Waals surface area contributed by atoms with Crippen LogP contribution in [0.5, 0.6) is 0 Å². The van der Waals surface area contributed by atoms with Gasteiger partial charge in [-0.05, 0) is 13.0 Å². The summed E-state index contributed by atoms with van der Waals surface area (Å²) in [6.45, 7) is 6.36. The molecule has 1 nitrogen and oxygen atoms in total. The van der Waals surface area contributed by atoms with Crippen molar-refractivity contribution in [1.82, 2.24) is 4.90 Å². The van der Waals surface area contributed by atoms with E-state index in [1.807, 2.05) is 0 Å². The molecule has 0 aliphatic carbocycles. The summed E-state index contributed by atoms with van der Waals surface area (Å²) in [5, 5.41) is 0. The second-order valence-corrected chi connectivity index (χ2v) is 2.90. The quantitative estimate of drug-likeness (QED) is 0.402. The highest BCUT2D eigenvalue weighted by molar-refractivity contribution is 4.71. The Morgan fingerprint density at radius 1 is 1.11 bits per heavy atom. The molecule has 1 aliphatic heterocycles. The largest absolute Gasteiger partial charge is 0.301 e. The van der Waals surface area contributed by atoms with E-state index in [9.17, 15) is 0 Å². The molecule has 0 radical (unpaired) electrons. The molecule has 1 rings (SSSR count). The molecule has 9 heavy (non-hydrogen) atoms. The summed E-state index contributed by atoms with van der Waals surface area (Å²) in [4.78, 5) is 2.50. The summed E-state index contributed by atoms with van der Waals surface area (Å²) in [6.07, 6.45) is 5.65. The first-order valence-corrected chi connectivity index (χ1v) is 4.16. The second kappa shape index (κ2) is 3.89. The van der Waals surface area contributed by atoms with Crippen LogP contribution in [0.25, 0.3) is 0 Å². The third kappa shape index (κ3) is 3.52. The van der Waals surface area contributed by atoms with Gasteiger partial charge in [-0.1, -0.05) is 26.2 Å². The van der Waals surface area contributed by atoms with E-state index in [2.05, 4.69) is 11.8 Å². The highest BCUT2D eigenvalue weighted by Crippen LogP contribution is 2.07. The second-order valence-electron chi connectivity index (χ2n) is 2.90. The zero-order chi connectivity index (χ0) is 6.53. The van der Waals surface area contributed by atoms with Crippen LogP contribution in [0.1, 0.15) is 32.6 Å². The van der Waals surface area contributed by atoms with Gasteiger partial charge in [0, 0.05) is 13.1 Å². The van der Waals surface area contributed by atoms with E-state index in [-0.39, 0.29) is 0 Å². The van der Waals surface area contributed by atoms with Gasteiger partial charge in [0.15, 0.2) is 0 Å². The standard InChI is InChI=1S/C8H17N/c1-2-3-4-5-6-9-7-8-9/h2-8H2,1H3. The zero-order valence-electron chi connectivity index (χ0n) is 6.40. The average molecular weight is 127 g/mol. The van der Waals surface area contributed by atoms with Crippen molar-refractivity contribution in [2.24, 2.45) is 0 Å². The lowest BCUT2D eigenvalue weighted by Gasteiger charge is -1.97. The Hall–Kier alpha value is -0.0400. The Labute approximate surface area is 58.0 Å². The molecule has 1 saturated heterocycles. The van der Waals surface area contributed by atoms with Gasteiger partial charge < -0.3 is 4.90 Å². The van der Waals surface area contributed by atoms with Gasteiger partial charge >= 0.3 is 0 Å². The van der Waals surface area contributed by atoms with Gasteiger partial charge in [0.1, 0.15) is 0 Å². The number of nitrogens with zero attached hydrogens (tertiary/aromatic N) is 1. The lowest BCUT2D eigenvalue weighted by atomic mass is 10.2. The Bertz CT molecular complexity index is 67.0. The van der Waals surface area contributed by atoms with E-state index in [1.54, 1.807) is 0 Å². The predicted octanol–water partition coefficient (Wildman–Crippen LogP) is 1.88. The lowest BCUT2D eigenvalue weighted by Crippen LogP contribution is -1.97. The van der Waals surface area contributed by atoms with Gasteiger partial charge in [-0.2, -0.15) is 0 Å². The van der Waals surface area contributed by atoms with E-state index in [4.69, 9.17) is 0 Å². The number of hydrogen-bond donors (Lipinski definition) is 0. The van der Waals surface area contributed by atoms with Gasteiger partial charge in [-0.3, -0.25) is 0 Å². The maximum absolute atomic E-state index is 2.50. The molecule has 0 unspecified atom stereocenters. The monoisotopic (exact) mass is 127 g/mol. The van der Waals surface area contributed by atoms with Crippen LogP contribution >= 0.6 is 0 Å². The van der Waals surface area contributed by atoms with Crippen molar-refractivity contribution in [2.45, 2.75) is 32.6 Å². The summed E-state index contributed by atoms with van der Waals surface area (Å²) in [7, 11) is 0. The fourth-order valence-corrected chi connectivity index (χ4v) is 1.06. The third-order valence-electron chi connectivity index (χ3n) is 1.87. The van der Waals surface area contributed by atoms with Crippen molar-refractivity contribution in [3.05, 3.63) is 0 Å². The van der Waals surface area contributed by atoms with Gasteiger partial charge in [-0.25, -0.2) is 0 Å². The molecule has 54 valence electrons. The van der Waals surface area contributed by atoms with Crippen molar-refractivity contribution in [1.29, 1.82) is 0 Å². The number of hydrogen-bond acceptors (Lipinski definition) is 1. The third-order valence-corrected chi connectivity index (χ3v) is 1.87. The molecule has 0 aromatic rings. The zero-order valence-corrected chi connectivity index (χ0v) is 6.40. The van der Waals surface area contributed by atoms with E-state index >= 15 is 0 Å². The summed E-state index contributed by atoms with van der Waals surface area (Å²) >= 11 is 0. The van der Waals surface area contributed by atoms with Crippen molar-refractivity contribution < 1.29 is 0 Å². The lowest BCUT2D eigenvalue weighted by molar-refractivity contribution is 0.510. The Morgan fingerprint density at radius 3 is 2.44 bits per heavy atom. The normalized spacial score (nSPS) is 18.3. The Morgan fingerprint density at radius 2 is 1.89 bits per heavy atom. The van der Waals surface area contributed by atoms with Crippen LogP contribution in [-0.2, 0) is 0 Å². The molecule has 1 aliphatic rings. The molecule has 0 aromatic carbocycles. The van der Waals surface area contributed by atoms with Crippen molar-refractivity contribution in [3.63, 3.8) is 0 Å². The minimum atomic E-state index is 1.36. The molecule has 0 atom stereocenters. The minimum Gasteiger partial charge on any atom is -0.301 e. The fourth-order valence-electron chi connectivity index (χ4n) is 1.06. The van der Waals surface area contributed by atoms with E-state index < -0.39 is 0 Å². The first kappa shape index (κ1) is 7.07. The molecule has 0 N–H and O–H groups in total. The molecule has 1 heteroatoms. The maximum Gasteiger partial charge on any atom is 0.0110 e. The van der Waals surface area contributed by atoms with Crippen molar-refractivity contribution >= 4 is 0 Å². The van der Waals surface area contributed by atoms with Gasteiger partial charge in [0.05, 0.1) is 0 Å². The predicted molar refractivity (Wildman–Crippen MR) is 40.6 cm³/mol. The summed E-state index contributed by atoms with van der Waals surface area (Å²) < 4.78 is 0. The first-order chi connectivity index (χ1) is 4.43. The molecule has 0 spiro atoms. The van der Waals surface area contributed by atoms with E-state index in [0.717, 1.165) is 0 Å². The molecule has 0 amide bonds. The molecular formula is C8H17N. The van der Waals surface area contributed by atoms with Crippen LogP contribution < -0.4 is 0 Å². The SMILES string of the molecule is CCCCCCN1CC1. The molecule has 0 bridgehead atoms. The summed E-state index contributed by atoms with van der Waals surface area (Å²) in [6, 6.07) is 0. The van der Waals surface area contributed by atoms with Crippen LogP contribution in [-0.4, -0.2) is 24.5 Å². The van der Waals surface area contributed by atoms with Gasteiger partial charge in [0.25, 0.3) is 0 Å². The Balaban J connectivity index is 1.71.